The Morgan fingerprint density at radius 3 is 2.39 bits per heavy atom. The van der Waals surface area contributed by atoms with Crippen LogP contribution in [0.25, 0.3) is 0 Å². The molecule has 2 atom stereocenters. The van der Waals surface area contributed by atoms with Crippen LogP contribution < -0.4 is 15.5 Å². The number of piperidine rings is 1. The molecule has 0 spiro atoms. The maximum Gasteiger partial charge on any atom is 0.458 e. The fourth-order valence-electron chi connectivity index (χ4n) is 5.01. The number of benzene rings is 2. The van der Waals surface area contributed by atoms with Crippen molar-refractivity contribution in [3.8, 4) is 0 Å². The number of hydrogen-bond acceptors (Lipinski definition) is 6. The third-order valence-electron chi connectivity index (χ3n) is 6.61. The van der Waals surface area contributed by atoms with Crippen molar-refractivity contribution in [3.63, 3.8) is 0 Å². The summed E-state index contributed by atoms with van der Waals surface area (Å²) in [6, 6.07) is 10.1. The Bertz CT molecular complexity index is 1210. The predicted octanol–water partition coefficient (Wildman–Crippen LogP) is 4.92. The van der Waals surface area contributed by atoms with Crippen LogP contribution in [0, 0.1) is 12.7 Å². The smallest absolute Gasteiger partial charge is 0.375 e. The lowest BCUT2D eigenvalue weighted by Gasteiger charge is -2.33. The molecule has 0 amide bonds. The Balaban J connectivity index is 0.000000240. The number of alkyl halides is 6. The molecule has 0 aromatic heterocycles. The molecule has 13 heteroatoms. The molecule has 6 nitrogen and oxygen atoms in total. The van der Waals surface area contributed by atoms with Crippen molar-refractivity contribution >= 4 is 28.6 Å². The number of nitrogens with zero attached hydrogens (tertiary/aromatic N) is 1. The molecule has 5 rings (SSSR count). The molecule has 1 fully saturated rings. The summed E-state index contributed by atoms with van der Waals surface area (Å²) in [5.41, 5.74) is 6.46. The summed E-state index contributed by atoms with van der Waals surface area (Å²) in [7, 11) is 0. The molecular weight excluding hydrogens is 523 g/mol. The molecule has 3 heterocycles. The number of fused-ring (bicyclic) bond motifs is 3. The number of halogens is 7. The van der Waals surface area contributed by atoms with E-state index in [-0.39, 0.29) is 5.82 Å². The number of rotatable bonds is 3. The van der Waals surface area contributed by atoms with E-state index in [9.17, 15) is 40.3 Å². The summed E-state index contributed by atoms with van der Waals surface area (Å²) >= 11 is 0. The lowest BCUT2D eigenvalue weighted by molar-refractivity contribution is -0.193. The second-order valence-electron chi connectivity index (χ2n) is 9.25. The van der Waals surface area contributed by atoms with Crippen molar-refractivity contribution < 1.29 is 45.1 Å². The van der Waals surface area contributed by atoms with Crippen LogP contribution >= 0.6 is 0 Å². The summed E-state index contributed by atoms with van der Waals surface area (Å²) in [6.07, 6.45) is -10.4. The third-order valence-corrected chi connectivity index (χ3v) is 6.61. The Kier molecular flexibility index (Phi) is 7.71. The van der Waals surface area contributed by atoms with Crippen LogP contribution in [0.1, 0.15) is 29.0 Å². The highest BCUT2D eigenvalue weighted by Gasteiger charge is 2.54. The van der Waals surface area contributed by atoms with E-state index in [0.717, 1.165) is 43.9 Å². The minimum atomic E-state index is -5.77. The number of ether oxygens (including phenoxy) is 1. The highest BCUT2D eigenvalue weighted by molar-refractivity contribution is 6.41. The fourth-order valence-corrected chi connectivity index (χ4v) is 5.01. The molecule has 38 heavy (non-hydrogen) atoms. The SMILES string of the molecule is Cc1ccc(F)c(Nc2cc3c4c(c2)[C@@H]2CNCC[C@@H]2N4CCOC3)c1.O=C(C(=O)C(F)(F)F)C(F)(F)F. The van der Waals surface area contributed by atoms with Gasteiger partial charge in [0.05, 0.1) is 18.9 Å². The van der Waals surface area contributed by atoms with Gasteiger partial charge in [-0.25, -0.2) is 4.39 Å². The van der Waals surface area contributed by atoms with E-state index in [1.165, 1.54) is 22.9 Å². The first-order valence-electron chi connectivity index (χ1n) is 11.7. The summed E-state index contributed by atoms with van der Waals surface area (Å²) in [6.45, 7) is 6.40. The van der Waals surface area contributed by atoms with Gasteiger partial charge in [0.1, 0.15) is 5.82 Å². The molecule has 1 saturated heterocycles. The molecular formula is C25H24F7N3O3. The number of hydrogen-bond donors (Lipinski definition) is 2. The first kappa shape index (κ1) is 27.8. The van der Waals surface area contributed by atoms with Gasteiger partial charge >= 0.3 is 23.9 Å². The lowest BCUT2D eigenvalue weighted by atomic mass is 9.89. The lowest BCUT2D eigenvalue weighted by Crippen LogP contribution is -2.44. The van der Waals surface area contributed by atoms with E-state index in [1.807, 2.05) is 13.0 Å². The van der Waals surface area contributed by atoms with Crippen molar-refractivity contribution in [2.24, 2.45) is 0 Å². The van der Waals surface area contributed by atoms with E-state index in [2.05, 4.69) is 27.7 Å². The molecule has 3 aliphatic heterocycles. The van der Waals surface area contributed by atoms with Crippen LogP contribution in [0.2, 0.25) is 0 Å². The topological polar surface area (TPSA) is 70.7 Å². The van der Waals surface area contributed by atoms with Crippen molar-refractivity contribution in [3.05, 3.63) is 52.8 Å². The predicted molar refractivity (Wildman–Crippen MR) is 124 cm³/mol. The largest absolute Gasteiger partial charge is 0.458 e. The molecule has 0 unspecified atom stereocenters. The molecule has 0 radical (unpaired) electrons. The molecule has 3 aliphatic rings. The molecule has 206 valence electrons. The molecule has 2 aromatic rings. The average Bonchev–Trinajstić information content (AvgIpc) is 3.00. The van der Waals surface area contributed by atoms with E-state index in [0.29, 0.717) is 24.3 Å². The van der Waals surface area contributed by atoms with Crippen molar-refractivity contribution in [1.29, 1.82) is 0 Å². The van der Waals surface area contributed by atoms with Crippen LogP contribution in [0.4, 0.5) is 47.8 Å². The monoisotopic (exact) mass is 547 g/mol. The molecule has 0 bridgehead atoms. The Labute approximate surface area is 213 Å². The molecule has 0 saturated carbocycles. The zero-order valence-corrected chi connectivity index (χ0v) is 20.1. The number of ketones is 2. The van der Waals surface area contributed by atoms with Crippen molar-refractivity contribution in [2.75, 3.05) is 36.5 Å². The zero-order valence-electron chi connectivity index (χ0n) is 20.1. The fraction of sp³-hybridized carbons (Fsp3) is 0.440. The molecule has 2 aromatic carbocycles. The quantitative estimate of drug-likeness (QED) is 0.420. The van der Waals surface area contributed by atoms with Gasteiger partial charge in [0.25, 0.3) is 0 Å². The number of Topliss-reactive ketones (excluding diaryl/α,β-unsaturated/α-hetero) is 2. The second-order valence-corrected chi connectivity index (χ2v) is 9.25. The second kappa shape index (κ2) is 10.5. The number of anilines is 3. The minimum absolute atomic E-state index is 0.225. The van der Waals surface area contributed by atoms with Gasteiger partial charge < -0.3 is 20.3 Å². The zero-order chi connectivity index (χ0) is 27.8. The molecule has 2 N–H and O–H groups in total. The standard InChI is InChI=1S/C21H24FN3O.C4F6O2/c1-13-2-3-18(22)19(8-13)24-15-9-14-12-26-7-6-25-20-4-5-23-11-17(20)16(10-15)21(14)25;5-3(6,7)1(11)2(12)4(8,9)10/h2-3,8-10,17,20,23-24H,4-7,11-12H2,1H3;/t17-,20-;/m0./s1. The van der Waals surface area contributed by atoms with Gasteiger partial charge in [-0.15, -0.1) is 0 Å². The van der Waals surface area contributed by atoms with Gasteiger partial charge in [0.2, 0.25) is 0 Å². The number of carbonyl (C=O) groups excluding carboxylic acids is 2. The number of aryl methyl sites for hydroxylation is 1. The Morgan fingerprint density at radius 1 is 1.05 bits per heavy atom. The van der Waals surface area contributed by atoms with E-state index < -0.39 is 23.9 Å². The van der Waals surface area contributed by atoms with Gasteiger partial charge in [0.15, 0.2) is 0 Å². The maximum atomic E-state index is 14.2. The summed E-state index contributed by atoms with van der Waals surface area (Å²) in [5, 5.41) is 6.85. The maximum absolute atomic E-state index is 14.2. The van der Waals surface area contributed by atoms with Crippen LogP contribution in [-0.4, -0.2) is 56.2 Å². The van der Waals surface area contributed by atoms with E-state index in [4.69, 9.17) is 4.74 Å². The third kappa shape index (κ3) is 5.78. The first-order chi connectivity index (χ1) is 17.8. The van der Waals surface area contributed by atoms with E-state index in [1.54, 1.807) is 6.07 Å². The van der Waals surface area contributed by atoms with Gasteiger partial charge in [-0.3, -0.25) is 9.59 Å². The molecule has 0 aliphatic carbocycles. The van der Waals surface area contributed by atoms with Crippen LogP contribution in [0.15, 0.2) is 30.3 Å². The van der Waals surface area contributed by atoms with Gasteiger partial charge in [-0.05, 0) is 55.3 Å². The van der Waals surface area contributed by atoms with Crippen LogP contribution in [-0.2, 0) is 20.9 Å². The Morgan fingerprint density at radius 2 is 1.74 bits per heavy atom. The number of nitrogens with one attached hydrogen (secondary N) is 2. The highest BCUT2D eigenvalue weighted by atomic mass is 19.4. The Hall–Kier alpha value is -3.19. The summed E-state index contributed by atoms with van der Waals surface area (Å²) < 4.78 is 87.0. The normalized spacial score (nSPS) is 20.5. The van der Waals surface area contributed by atoms with Crippen LogP contribution in [0.3, 0.4) is 0 Å². The van der Waals surface area contributed by atoms with Gasteiger partial charge in [-0.2, -0.15) is 26.3 Å². The van der Waals surface area contributed by atoms with Crippen molar-refractivity contribution in [1.82, 2.24) is 5.32 Å². The van der Waals surface area contributed by atoms with E-state index >= 15 is 0 Å². The summed E-state index contributed by atoms with van der Waals surface area (Å²) in [4.78, 5) is 21.8. The first-order valence-corrected chi connectivity index (χ1v) is 11.7. The van der Waals surface area contributed by atoms with Crippen molar-refractivity contribution in [2.45, 2.75) is 44.3 Å². The summed E-state index contributed by atoms with van der Waals surface area (Å²) in [5.74, 6) is -6.54. The van der Waals surface area contributed by atoms with Gasteiger partial charge in [-0.1, -0.05) is 6.07 Å². The average molecular weight is 547 g/mol. The minimum Gasteiger partial charge on any atom is -0.375 e. The number of carbonyl (C=O) groups is 2. The van der Waals surface area contributed by atoms with Crippen LogP contribution in [0.5, 0.6) is 0 Å². The highest BCUT2D eigenvalue weighted by Crippen LogP contribution is 2.47. The van der Waals surface area contributed by atoms with Gasteiger partial charge in [0, 0.05) is 42.0 Å².